The highest BCUT2D eigenvalue weighted by molar-refractivity contribution is 7.91. The predicted octanol–water partition coefficient (Wildman–Crippen LogP) is 1.46. The number of Topliss-reactive ketones (excluding diaryl/α,β-unsaturated/α-hetero) is 1. The Hall–Kier alpha value is -1.69. The summed E-state index contributed by atoms with van der Waals surface area (Å²) in [6.07, 6.45) is 1.54. The van der Waals surface area contributed by atoms with Gasteiger partial charge in [-0.15, -0.1) is 0 Å². The Balaban J connectivity index is 1.92. The van der Waals surface area contributed by atoms with Gasteiger partial charge in [-0.2, -0.15) is 0 Å². The summed E-state index contributed by atoms with van der Waals surface area (Å²) in [5.41, 5.74) is 2.01. The van der Waals surface area contributed by atoms with E-state index >= 15 is 0 Å². The van der Waals surface area contributed by atoms with Crippen molar-refractivity contribution >= 4 is 21.5 Å². The van der Waals surface area contributed by atoms with E-state index < -0.39 is 9.84 Å². The van der Waals surface area contributed by atoms with E-state index in [0.717, 1.165) is 5.56 Å². The molecule has 1 unspecified atom stereocenters. The van der Waals surface area contributed by atoms with Gasteiger partial charge in [0.2, 0.25) is 0 Å². The van der Waals surface area contributed by atoms with E-state index in [2.05, 4.69) is 0 Å². The fraction of sp³-hybridized carbons (Fsp3) is 0.500. The van der Waals surface area contributed by atoms with Crippen LogP contribution in [0.4, 0.5) is 0 Å². The van der Waals surface area contributed by atoms with Gasteiger partial charge in [-0.25, -0.2) is 8.42 Å². The molecule has 1 amide bonds. The summed E-state index contributed by atoms with van der Waals surface area (Å²) >= 11 is 0. The van der Waals surface area contributed by atoms with Crippen molar-refractivity contribution in [2.75, 3.05) is 18.1 Å². The largest absolute Gasteiger partial charge is 0.335 e. The molecule has 0 radical (unpaired) electrons. The summed E-state index contributed by atoms with van der Waals surface area (Å²) < 4.78 is 23.3. The van der Waals surface area contributed by atoms with Gasteiger partial charge >= 0.3 is 0 Å². The van der Waals surface area contributed by atoms with E-state index in [0.29, 0.717) is 36.9 Å². The zero-order valence-electron chi connectivity index (χ0n) is 12.5. The van der Waals surface area contributed by atoms with Crippen LogP contribution in [-0.4, -0.2) is 49.1 Å². The van der Waals surface area contributed by atoms with Crippen molar-refractivity contribution in [1.29, 1.82) is 0 Å². The molecule has 0 saturated carbocycles. The molecule has 0 N–H and O–H groups in total. The standard InChI is InChI=1S/C16H19NO4S/c1-2-17(11-8-9-22(20,21)10-11)16(19)14-5-3-4-13-12(14)6-7-15(13)18/h3-5,11H,2,6-10H2,1H3. The van der Waals surface area contributed by atoms with Gasteiger partial charge in [-0.1, -0.05) is 12.1 Å². The fourth-order valence-electron chi connectivity index (χ4n) is 3.43. The predicted molar refractivity (Wildman–Crippen MR) is 82.9 cm³/mol. The van der Waals surface area contributed by atoms with Crippen LogP contribution in [0, 0.1) is 0 Å². The number of carbonyl (C=O) groups is 2. The third-order valence-corrected chi connectivity index (χ3v) is 6.31. The number of rotatable bonds is 3. The lowest BCUT2D eigenvalue weighted by atomic mass is 10.0. The van der Waals surface area contributed by atoms with Crippen molar-refractivity contribution in [2.24, 2.45) is 0 Å². The van der Waals surface area contributed by atoms with E-state index in [-0.39, 0.29) is 29.2 Å². The number of sulfone groups is 1. The van der Waals surface area contributed by atoms with Crippen molar-refractivity contribution in [3.63, 3.8) is 0 Å². The maximum Gasteiger partial charge on any atom is 0.254 e. The van der Waals surface area contributed by atoms with Crippen LogP contribution in [-0.2, 0) is 16.3 Å². The van der Waals surface area contributed by atoms with Crippen LogP contribution < -0.4 is 0 Å². The van der Waals surface area contributed by atoms with E-state index in [1.54, 1.807) is 23.1 Å². The highest BCUT2D eigenvalue weighted by Gasteiger charge is 2.35. The highest BCUT2D eigenvalue weighted by Crippen LogP contribution is 2.28. The SMILES string of the molecule is CCN(C(=O)c1cccc2c1CCC2=O)C1CCS(=O)(=O)C1. The Morgan fingerprint density at radius 2 is 2.09 bits per heavy atom. The number of ketones is 1. The van der Waals surface area contributed by atoms with Gasteiger partial charge in [0.15, 0.2) is 15.6 Å². The summed E-state index contributed by atoms with van der Waals surface area (Å²) in [5, 5.41) is 0. The summed E-state index contributed by atoms with van der Waals surface area (Å²) in [5.74, 6) is 0.111. The summed E-state index contributed by atoms with van der Waals surface area (Å²) in [6, 6.07) is 4.98. The Morgan fingerprint density at radius 1 is 1.32 bits per heavy atom. The van der Waals surface area contributed by atoms with Gasteiger partial charge in [0.25, 0.3) is 5.91 Å². The molecule has 1 heterocycles. The average Bonchev–Trinajstić information content (AvgIpc) is 3.03. The lowest BCUT2D eigenvalue weighted by Gasteiger charge is -2.27. The summed E-state index contributed by atoms with van der Waals surface area (Å²) in [6.45, 7) is 2.33. The second-order valence-corrected chi connectivity index (χ2v) is 8.13. The second-order valence-electron chi connectivity index (χ2n) is 5.90. The van der Waals surface area contributed by atoms with Crippen LogP contribution >= 0.6 is 0 Å². The minimum atomic E-state index is -3.03. The van der Waals surface area contributed by atoms with E-state index in [1.165, 1.54) is 0 Å². The van der Waals surface area contributed by atoms with Crippen LogP contribution in [0.3, 0.4) is 0 Å². The Labute approximate surface area is 130 Å². The molecule has 5 nitrogen and oxygen atoms in total. The Kier molecular flexibility index (Phi) is 3.80. The van der Waals surface area contributed by atoms with Gasteiger partial charge in [-0.3, -0.25) is 9.59 Å². The zero-order valence-corrected chi connectivity index (χ0v) is 13.4. The fourth-order valence-corrected chi connectivity index (χ4v) is 5.17. The molecule has 0 aromatic heterocycles. The normalized spacial score (nSPS) is 22.6. The molecule has 1 aromatic carbocycles. The molecule has 1 aliphatic heterocycles. The molecule has 118 valence electrons. The molecule has 1 atom stereocenters. The maximum atomic E-state index is 12.9. The monoisotopic (exact) mass is 321 g/mol. The maximum absolute atomic E-state index is 12.9. The van der Waals surface area contributed by atoms with Gasteiger partial charge in [0.1, 0.15) is 0 Å². The first-order valence-corrected chi connectivity index (χ1v) is 9.41. The second kappa shape index (κ2) is 5.50. The molecule has 2 aliphatic rings. The number of hydrogen-bond acceptors (Lipinski definition) is 4. The quantitative estimate of drug-likeness (QED) is 0.845. The van der Waals surface area contributed by atoms with Crippen molar-refractivity contribution in [1.82, 2.24) is 4.90 Å². The smallest absolute Gasteiger partial charge is 0.254 e. The minimum Gasteiger partial charge on any atom is -0.335 e. The van der Waals surface area contributed by atoms with E-state index in [9.17, 15) is 18.0 Å². The Bertz CT molecular complexity index is 739. The number of benzene rings is 1. The first-order valence-electron chi connectivity index (χ1n) is 7.59. The van der Waals surface area contributed by atoms with E-state index in [4.69, 9.17) is 0 Å². The zero-order chi connectivity index (χ0) is 15.9. The molecule has 0 spiro atoms. The average molecular weight is 321 g/mol. The van der Waals surface area contributed by atoms with Gasteiger partial charge in [0.05, 0.1) is 11.5 Å². The lowest BCUT2D eigenvalue weighted by Crippen LogP contribution is -2.41. The van der Waals surface area contributed by atoms with Crippen LogP contribution in [0.1, 0.15) is 46.0 Å². The highest BCUT2D eigenvalue weighted by atomic mass is 32.2. The van der Waals surface area contributed by atoms with Crippen LogP contribution in [0.25, 0.3) is 0 Å². The van der Waals surface area contributed by atoms with Gasteiger partial charge in [-0.05, 0) is 31.4 Å². The number of nitrogens with zero attached hydrogens (tertiary/aromatic N) is 1. The molecule has 6 heteroatoms. The van der Waals surface area contributed by atoms with Crippen molar-refractivity contribution in [2.45, 2.75) is 32.2 Å². The third kappa shape index (κ3) is 2.56. The number of hydrogen-bond donors (Lipinski definition) is 0. The van der Waals surface area contributed by atoms with Crippen molar-refractivity contribution in [3.05, 3.63) is 34.9 Å². The van der Waals surface area contributed by atoms with Gasteiger partial charge in [0, 0.05) is 30.1 Å². The summed E-state index contributed by atoms with van der Waals surface area (Å²) in [4.78, 5) is 26.3. The molecule has 1 aromatic rings. The third-order valence-electron chi connectivity index (χ3n) is 4.56. The van der Waals surface area contributed by atoms with Crippen molar-refractivity contribution in [3.8, 4) is 0 Å². The number of carbonyl (C=O) groups excluding carboxylic acids is 2. The van der Waals surface area contributed by atoms with Crippen LogP contribution in [0.2, 0.25) is 0 Å². The van der Waals surface area contributed by atoms with E-state index in [1.807, 2.05) is 6.92 Å². The topological polar surface area (TPSA) is 71.5 Å². The van der Waals surface area contributed by atoms with Crippen LogP contribution in [0.5, 0.6) is 0 Å². The minimum absolute atomic E-state index is 0.0422. The summed E-state index contributed by atoms with van der Waals surface area (Å²) in [7, 11) is -3.03. The lowest BCUT2D eigenvalue weighted by molar-refractivity contribution is 0.0707. The van der Waals surface area contributed by atoms with Gasteiger partial charge < -0.3 is 4.90 Å². The number of amides is 1. The molecule has 3 rings (SSSR count). The first-order chi connectivity index (χ1) is 10.4. The molecular weight excluding hydrogens is 302 g/mol. The first kappa shape index (κ1) is 15.2. The molecule has 1 fully saturated rings. The molecule has 0 bridgehead atoms. The molecule has 1 aliphatic carbocycles. The van der Waals surface area contributed by atoms with Crippen molar-refractivity contribution < 1.29 is 18.0 Å². The molecule has 22 heavy (non-hydrogen) atoms. The number of fused-ring (bicyclic) bond motifs is 1. The van der Waals surface area contributed by atoms with Crippen LogP contribution in [0.15, 0.2) is 18.2 Å². The molecular formula is C16H19NO4S. The Morgan fingerprint density at radius 3 is 2.73 bits per heavy atom. The molecule has 1 saturated heterocycles.